The molecule has 2 rings (SSSR count). The van der Waals surface area contributed by atoms with Gasteiger partial charge in [0.25, 0.3) is 0 Å². The van der Waals surface area contributed by atoms with Crippen molar-refractivity contribution in [1.29, 1.82) is 0 Å². The Morgan fingerprint density at radius 1 is 1.19 bits per heavy atom. The van der Waals surface area contributed by atoms with Crippen molar-refractivity contribution in [2.75, 3.05) is 19.3 Å². The molecule has 0 spiro atoms. The number of likely N-dealkylation sites (tertiary alicyclic amines) is 1. The normalized spacial score (nSPS) is 31.0. The van der Waals surface area contributed by atoms with Gasteiger partial charge in [-0.1, -0.05) is 13.3 Å². The summed E-state index contributed by atoms with van der Waals surface area (Å²) in [5, 5.41) is -0.320. The Kier molecular flexibility index (Phi) is 5.14. The largest absolute Gasteiger partial charge is 0.297 e. The van der Waals surface area contributed by atoms with Crippen LogP contribution >= 0.6 is 0 Å². The van der Waals surface area contributed by atoms with E-state index in [2.05, 4.69) is 18.7 Å². The summed E-state index contributed by atoms with van der Waals surface area (Å²) in [6, 6.07) is 0. The Bertz CT molecular complexity index is 482. The van der Waals surface area contributed by atoms with Crippen LogP contribution in [0.25, 0.3) is 0 Å². The molecule has 5 heteroatoms. The minimum atomic E-state index is -3.03. The summed E-state index contributed by atoms with van der Waals surface area (Å²) >= 11 is 0. The first kappa shape index (κ1) is 16.9. The highest BCUT2D eigenvalue weighted by Crippen LogP contribution is 2.35. The number of hydrogen-bond donors (Lipinski definition) is 0. The molecule has 0 N–H and O–H groups in total. The molecule has 0 aromatic rings. The topological polar surface area (TPSA) is 54.5 Å². The van der Waals surface area contributed by atoms with Crippen molar-refractivity contribution in [2.45, 2.75) is 69.6 Å². The van der Waals surface area contributed by atoms with E-state index < -0.39 is 15.4 Å². The van der Waals surface area contributed by atoms with Crippen molar-refractivity contribution in [3.63, 3.8) is 0 Å². The van der Waals surface area contributed by atoms with Gasteiger partial charge in [0.2, 0.25) is 0 Å². The molecule has 1 aliphatic heterocycles. The van der Waals surface area contributed by atoms with Gasteiger partial charge in [0.05, 0.1) is 10.8 Å². The Morgan fingerprint density at radius 2 is 1.81 bits per heavy atom. The summed E-state index contributed by atoms with van der Waals surface area (Å²) in [5.41, 5.74) is -0.402. The van der Waals surface area contributed by atoms with Gasteiger partial charge in [0.1, 0.15) is 9.84 Å². The molecule has 3 unspecified atom stereocenters. The molecule has 0 aromatic heterocycles. The lowest BCUT2D eigenvalue weighted by Crippen LogP contribution is -2.54. The van der Waals surface area contributed by atoms with Crippen LogP contribution in [-0.4, -0.2) is 49.2 Å². The monoisotopic (exact) mass is 315 g/mol. The standard InChI is InChI=1S/C16H29NO3S/c1-4-16(2,17-10-5-6-11-17)15(18)13-8-7-9-14(12-13)21(3,19)20/h13-14H,4-12H2,1-3H3. The maximum Gasteiger partial charge on any atom is 0.155 e. The van der Waals surface area contributed by atoms with Crippen molar-refractivity contribution in [1.82, 2.24) is 4.90 Å². The molecule has 4 nitrogen and oxygen atoms in total. The predicted octanol–water partition coefficient (Wildman–Crippen LogP) is 2.42. The molecule has 1 aliphatic carbocycles. The molecule has 3 atom stereocenters. The summed E-state index contributed by atoms with van der Waals surface area (Å²) < 4.78 is 23.6. The Balaban J connectivity index is 2.13. The summed E-state index contributed by atoms with van der Waals surface area (Å²) in [7, 11) is -3.03. The van der Waals surface area contributed by atoms with Gasteiger partial charge < -0.3 is 0 Å². The first-order valence-corrected chi connectivity index (χ1v) is 10.2. The molecule has 2 aliphatic rings. The summed E-state index contributed by atoms with van der Waals surface area (Å²) in [4.78, 5) is 15.4. The summed E-state index contributed by atoms with van der Waals surface area (Å²) in [6.07, 6.45) is 7.41. The van der Waals surface area contributed by atoms with Crippen LogP contribution in [0.4, 0.5) is 0 Å². The van der Waals surface area contributed by atoms with Crippen molar-refractivity contribution >= 4 is 15.6 Å². The fourth-order valence-electron chi connectivity index (χ4n) is 3.98. The third kappa shape index (κ3) is 3.50. The molecule has 21 heavy (non-hydrogen) atoms. The van der Waals surface area contributed by atoms with Gasteiger partial charge in [0.15, 0.2) is 5.78 Å². The van der Waals surface area contributed by atoms with Crippen LogP contribution < -0.4 is 0 Å². The summed E-state index contributed by atoms with van der Waals surface area (Å²) in [6.45, 7) is 6.13. The van der Waals surface area contributed by atoms with Gasteiger partial charge in [0, 0.05) is 12.2 Å². The van der Waals surface area contributed by atoms with Gasteiger partial charge >= 0.3 is 0 Å². The van der Waals surface area contributed by atoms with Gasteiger partial charge in [-0.3, -0.25) is 9.69 Å². The lowest BCUT2D eigenvalue weighted by Gasteiger charge is -2.40. The third-order valence-electron chi connectivity index (χ3n) is 5.63. The van der Waals surface area contributed by atoms with E-state index in [1.807, 2.05) is 0 Å². The second-order valence-corrected chi connectivity index (χ2v) is 9.33. The second-order valence-electron chi connectivity index (χ2n) is 7.00. The minimum Gasteiger partial charge on any atom is -0.297 e. The number of sulfone groups is 1. The van der Waals surface area contributed by atoms with E-state index >= 15 is 0 Å². The SMILES string of the molecule is CCC(C)(C(=O)C1CCCC(S(C)(=O)=O)C1)N1CCCC1. The van der Waals surface area contributed by atoms with Gasteiger partial charge in [-0.15, -0.1) is 0 Å². The number of rotatable bonds is 5. The van der Waals surface area contributed by atoms with Gasteiger partial charge in [-0.25, -0.2) is 8.42 Å². The van der Waals surface area contributed by atoms with Crippen LogP contribution in [0.15, 0.2) is 0 Å². The van der Waals surface area contributed by atoms with Crippen molar-refractivity contribution in [2.24, 2.45) is 5.92 Å². The number of nitrogens with zero attached hydrogens (tertiary/aromatic N) is 1. The fourth-order valence-corrected chi connectivity index (χ4v) is 5.15. The molecular formula is C16H29NO3S. The molecule has 1 saturated heterocycles. The van der Waals surface area contributed by atoms with E-state index in [-0.39, 0.29) is 17.0 Å². The summed E-state index contributed by atoms with van der Waals surface area (Å²) in [5.74, 6) is 0.198. The molecule has 0 bridgehead atoms. The minimum absolute atomic E-state index is 0.0796. The maximum absolute atomic E-state index is 13.1. The number of carbonyl (C=O) groups excluding carboxylic acids is 1. The third-order valence-corrected chi connectivity index (χ3v) is 7.26. The molecule has 0 radical (unpaired) electrons. The van der Waals surface area contributed by atoms with E-state index in [4.69, 9.17) is 0 Å². The number of hydrogen-bond acceptors (Lipinski definition) is 4. The molecule has 0 aromatic carbocycles. The lowest BCUT2D eigenvalue weighted by molar-refractivity contribution is -0.135. The van der Waals surface area contributed by atoms with Crippen molar-refractivity contribution in [3.8, 4) is 0 Å². The average molecular weight is 315 g/mol. The molecule has 1 heterocycles. The van der Waals surface area contributed by atoms with Crippen LogP contribution in [0, 0.1) is 5.92 Å². The molecule has 122 valence electrons. The highest BCUT2D eigenvalue weighted by molar-refractivity contribution is 7.91. The molecule has 1 saturated carbocycles. The van der Waals surface area contributed by atoms with Crippen LogP contribution in [0.5, 0.6) is 0 Å². The van der Waals surface area contributed by atoms with E-state index in [0.29, 0.717) is 6.42 Å². The predicted molar refractivity (Wildman–Crippen MR) is 85.1 cm³/mol. The Labute approximate surface area is 129 Å². The van der Waals surface area contributed by atoms with Crippen LogP contribution in [-0.2, 0) is 14.6 Å². The Morgan fingerprint density at radius 3 is 2.33 bits per heavy atom. The lowest BCUT2D eigenvalue weighted by atomic mass is 9.77. The highest BCUT2D eigenvalue weighted by atomic mass is 32.2. The second kappa shape index (κ2) is 6.37. The fraction of sp³-hybridized carbons (Fsp3) is 0.938. The Hall–Kier alpha value is -0.420. The van der Waals surface area contributed by atoms with E-state index in [1.165, 1.54) is 19.1 Å². The molecular weight excluding hydrogens is 286 g/mol. The van der Waals surface area contributed by atoms with E-state index in [0.717, 1.165) is 38.8 Å². The zero-order chi connectivity index (χ0) is 15.7. The van der Waals surface area contributed by atoms with Crippen LogP contribution in [0.3, 0.4) is 0 Å². The molecule has 2 fully saturated rings. The average Bonchev–Trinajstić information content (AvgIpc) is 2.99. The van der Waals surface area contributed by atoms with Crippen molar-refractivity contribution < 1.29 is 13.2 Å². The zero-order valence-electron chi connectivity index (χ0n) is 13.6. The van der Waals surface area contributed by atoms with Crippen molar-refractivity contribution in [3.05, 3.63) is 0 Å². The molecule has 0 amide bonds. The number of ketones is 1. The maximum atomic E-state index is 13.1. The van der Waals surface area contributed by atoms with E-state index in [1.54, 1.807) is 0 Å². The van der Waals surface area contributed by atoms with E-state index in [9.17, 15) is 13.2 Å². The zero-order valence-corrected chi connectivity index (χ0v) is 14.4. The first-order valence-electron chi connectivity index (χ1n) is 8.27. The quantitative estimate of drug-likeness (QED) is 0.782. The first-order chi connectivity index (χ1) is 9.79. The smallest absolute Gasteiger partial charge is 0.155 e. The highest BCUT2D eigenvalue weighted by Gasteiger charge is 2.44. The van der Waals surface area contributed by atoms with Gasteiger partial charge in [-0.2, -0.15) is 0 Å². The van der Waals surface area contributed by atoms with Crippen LogP contribution in [0.2, 0.25) is 0 Å². The van der Waals surface area contributed by atoms with Crippen LogP contribution in [0.1, 0.15) is 58.8 Å². The number of Topliss-reactive ketones (excluding diaryl/α,β-unsaturated/α-hetero) is 1. The van der Waals surface area contributed by atoms with Gasteiger partial charge in [-0.05, 0) is 58.5 Å². The number of carbonyl (C=O) groups is 1.